The Balaban J connectivity index is 1.82. The third-order valence-electron chi connectivity index (χ3n) is 3.53. The van der Waals surface area contributed by atoms with Crippen LogP contribution in [0.2, 0.25) is 0 Å². The van der Waals surface area contributed by atoms with Gasteiger partial charge >= 0.3 is 0 Å². The monoisotopic (exact) mass is 296 g/mol. The van der Waals surface area contributed by atoms with Crippen LogP contribution in [0, 0.1) is 11.6 Å². The molecule has 0 unspecified atom stereocenters. The first-order valence-corrected chi connectivity index (χ1v) is 7.37. The maximum absolute atomic E-state index is 13.6. The zero-order valence-corrected chi connectivity index (χ0v) is 11.5. The number of aromatic nitrogens is 1. The molecule has 20 heavy (non-hydrogen) atoms. The number of thiazole rings is 1. The van der Waals surface area contributed by atoms with Gasteiger partial charge in [-0.1, -0.05) is 24.2 Å². The SMILES string of the molecule is Oc1nc(Nc2ccc(F)cc2F)sc1C1CCCC1. The molecule has 1 heterocycles. The predicted molar refractivity (Wildman–Crippen MR) is 74.6 cm³/mol. The lowest BCUT2D eigenvalue weighted by molar-refractivity contribution is 0.446. The molecule has 0 bridgehead atoms. The molecule has 1 fully saturated rings. The van der Waals surface area contributed by atoms with Crippen molar-refractivity contribution in [2.24, 2.45) is 0 Å². The number of anilines is 2. The fourth-order valence-electron chi connectivity index (χ4n) is 2.54. The summed E-state index contributed by atoms with van der Waals surface area (Å²) in [5, 5.41) is 13.1. The van der Waals surface area contributed by atoms with E-state index in [4.69, 9.17) is 0 Å². The highest BCUT2D eigenvalue weighted by atomic mass is 32.1. The topological polar surface area (TPSA) is 45.2 Å². The average molecular weight is 296 g/mol. The van der Waals surface area contributed by atoms with Crippen LogP contribution in [0.5, 0.6) is 5.88 Å². The quantitative estimate of drug-likeness (QED) is 0.874. The standard InChI is InChI=1S/C14H14F2N2OS/c15-9-5-6-11(10(16)7-9)17-14-18-13(19)12(20-14)8-3-1-2-4-8/h5-8,19H,1-4H2,(H,17,18). The van der Waals surface area contributed by atoms with Crippen LogP contribution in [0.4, 0.5) is 19.6 Å². The Labute approximate surface area is 119 Å². The highest BCUT2D eigenvalue weighted by molar-refractivity contribution is 7.16. The molecule has 0 amide bonds. The molecule has 1 saturated carbocycles. The lowest BCUT2D eigenvalue weighted by atomic mass is 10.1. The highest BCUT2D eigenvalue weighted by Gasteiger charge is 2.24. The van der Waals surface area contributed by atoms with Crippen LogP contribution in [0.25, 0.3) is 0 Å². The van der Waals surface area contributed by atoms with Gasteiger partial charge in [0, 0.05) is 6.07 Å². The van der Waals surface area contributed by atoms with Gasteiger partial charge in [-0.2, -0.15) is 4.98 Å². The van der Waals surface area contributed by atoms with E-state index in [2.05, 4.69) is 10.3 Å². The van der Waals surface area contributed by atoms with Gasteiger partial charge in [0.05, 0.1) is 10.6 Å². The van der Waals surface area contributed by atoms with Crippen LogP contribution in [0.3, 0.4) is 0 Å². The van der Waals surface area contributed by atoms with Gasteiger partial charge in [-0.25, -0.2) is 8.78 Å². The molecule has 0 atom stereocenters. The third-order valence-corrected chi connectivity index (χ3v) is 4.66. The molecule has 106 valence electrons. The molecule has 3 rings (SSSR count). The fraction of sp³-hybridized carbons (Fsp3) is 0.357. The second kappa shape index (κ2) is 5.36. The summed E-state index contributed by atoms with van der Waals surface area (Å²) in [5.41, 5.74) is 0.151. The van der Waals surface area contributed by atoms with Crippen molar-refractivity contribution in [3.63, 3.8) is 0 Å². The number of rotatable bonds is 3. The Morgan fingerprint density at radius 2 is 2.00 bits per heavy atom. The van der Waals surface area contributed by atoms with Gasteiger partial charge in [0.15, 0.2) is 5.13 Å². The van der Waals surface area contributed by atoms with Crippen LogP contribution in [-0.2, 0) is 0 Å². The van der Waals surface area contributed by atoms with Gasteiger partial charge in [-0.15, -0.1) is 0 Å². The first-order valence-electron chi connectivity index (χ1n) is 6.55. The predicted octanol–water partition coefficient (Wildman–Crippen LogP) is 4.53. The van der Waals surface area contributed by atoms with Crippen molar-refractivity contribution in [3.8, 4) is 5.88 Å². The molecule has 0 aliphatic heterocycles. The Bertz CT molecular complexity index is 624. The van der Waals surface area contributed by atoms with Crippen LogP contribution in [-0.4, -0.2) is 10.1 Å². The number of nitrogens with one attached hydrogen (secondary N) is 1. The summed E-state index contributed by atoms with van der Waals surface area (Å²) in [6.07, 6.45) is 4.44. The number of halogens is 2. The van der Waals surface area contributed by atoms with E-state index in [-0.39, 0.29) is 11.6 Å². The summed E-state index contributed by atoms with van der Waals surface area (Å²) >= 11 is 1.33. The van der Waals surface area contributed by atoms with E-state index in [0.29, 0.717) is 11.0 Å². The molecule has 6 heteroatoms. The summed E-state index contributed by atoms with van der Waals surface area (Å²) in [4.78, 5) is 4.87. The Hall–Kier alpha value is -1.69. The first kappa shape index (κ1) is 13.3. The summed E-state index contributed by atoms with van der Waals surface area (Å²) in [6, 6.07) is 3.31. The van der Waals surface area contributed by atoms with Crippen LogP contribution in [0.15, 0.2) is 18.2 Å². The fourth-order valence-corrected chi connectivity index (χ4v) is 3.58. The molecule has 1 aliphatic rings. The summed E-state index contributed by atoms with van der Waals surface area (Å²) < 4.78 is 26.4. The molecule has 1 aromatic heterocycles. The average Bonchev–Trinajstić information content (AvgIpc) is 3.02. The van der Waals surface area contributed by atoms with Gasteiger partial charge in [0.25, 0.3) is 0 Å². The van der Waals surface area contributed by atoms with E-state index in [1.807, 2.05) is 0 Å². The van der Waals surface area contributed by atoms with Gasteiger partial charge in [-0.3, -0.25) is 0 Å². The van der Waals surface area contributed by atoms with Gasteiger partial charge in [0.2, 0.25) is 5.88 Å². The number of aromatic hydroxyl groups is 1. The maximum atomic E-state index is 13.6. The molecule has 0 saturated heterocycles. The smallest absolute Gasteiger partial charge is 0.227 e. The summed E-state index contributed by atoms with van der Waals surface area (Å²) in [6.45, 7) is 0. The number of hydrogen-bond donors (Lipinski definition) is 2. The van der Waals surface area contributed by atoms with E-state index >= 15 is 0 Å². The van der Waals surface area contributed by atoms with Gasteiger partial charge in [-0.05, 0) is 30.9 Å². The summed E-state index contributed by atoms with van der Waals surface area (Å²) in [7, 11) is 0. The third kappa shape index (κ3) is 2.60. The highest BCUT2D eigenvalue weighted by Crippen LogP contribution is 2.43. The molecule has 1 aromatic carbocycles. The zero-order chi connectivity index (χ0) is 14.1. The molecule has 3 nitrogen and oxygen atoms in total. The minimum Gasteiger partial charge on any atom is -0.492 e. The van der Waals surface area contributed by atoms with Crippen molar-refractivity contribution >= 4 is 22.2 Å². The molecule has 2 N–H and O–H groups in total. The van der Waals surface area contributed by atoms with E-state index in [1.165, 1.54) is 23.5 Å². The number of nitrogens with zero attached hydrogens (tertiary/aromatic N) is 1. The van der Waals surface area contributed by atoms with Gasteiger partial charge < -0.3 is 10.4 Å². The van der Waals surface area contributed by atoms with E-state index in [1.54, 1.807) is 0 Å². The first-order chi connectivity index (χ1) is 9.63. The minimum atomic E-state index is -0.679. The van der Waals surface area contributed by atoms with Crippen molar-refractivity contribution in [1.29, 1.82) is 0 Å². The lowest BCUT2D eigenvalue weighted by Crippen LogP contribution is -1.93. The van der Waals surface area contributed by atoms with Crippen molar-refractivity contribution in [2.45, 2.75) is 31.6 Å². The van der Waals surface area contributed by atoms with Crippen molar-refractivity contribution in [2.75, 3.05) is 5.32 Å². The largest absolute Gasteiger partial charge is 0.492 e. The Morgan fingerprint density at radius 1 is 1.25 bits per heavy atom. The number of benzene rings is 1. The Morgan fingerprint density at radius 3 is 2.70 bits per heavy atom. The normalized spacial score (nSPS) is 15.7. The molecule has 1 aliphatic carbocycles. The molecule has 0 spiro atoms. The maximum Gasteiger partial charge on any atom is 0.227 e. The minimum absolute atomic E-state index is 0.0203. The molecular formula is C14H14F2N2OS. The zero-order valence-electron chi connectivity index (χ0n) is 10.7. The lowest BCUT2D eigenvalue weighted by Gasteiger charge is -2.05. The van der Waals surface area contributed by atoms with Crippen molar-refractivity contribution in [3.05, 3.63) is 34.7 Å². The summed E-state index contributed by atoms with van der Waals surface area (Å²) in [5.74, 6) is -0.933. The second-order valence-corrected chi connectivity index (χ2v) is 5.97. The van der Waals surface area contributed by atoms with Crippen molar-refractivity contribution in [1.82, 2.24) is 4.98 Å². The van der Waals surface area contributed by atoms with Gasteiger partial charge in [0.1, 0.15) is 11.6 Å². The van der Waals surface area contributed by atoms with E-state index in [9.17, 15) is 13.9 Å². The van der Waals surface area contributed by atoms with Crippen LogP contribution in [0.1, 0.15) is 36.5 Å². The molecular weight excluding hydrogens is 282 g/mol. The van der Waals surface area contributed by atoms with E-state index < -0.39 is 11.6 Å². The molecule has 0 radical (unpaired) electrons. The van der Waals surface area contributed by atoms with E-state index in [0.717, 1.165) is 36.6 Å². The Kier molecular flexibility index (Phi) is 3.56. The number of hydrogen-bond acceptors (Lipinski definition) is 4. The second-order valence-electron chi connectivity index (χ2n) is 4.94. The molecule has 2 aromatic rings. The van der Waals surface area contributed by atoms with Crippen molar-refractivity contribution < 1.29 is 13.9 Å². The van der Waals surface area contributed by atoms with Crippen LogP contribution >= 0.6 is 11.3 Å². The van der Waals surface area contributed by atoms with Crippen LogP contribution < -0.4 is 5.32 Å².